The molecule has 2 rings (SSSR count). The first kappa shape index (κ1) is 18.3. The Bertz CT molecular complexity index is 800. The van der Waals surface area contributed by atoms with Crippen molar-refractivity contribution in [3.8, 4) is 11.8 Å². The monoisotopic (exact) mass is 336 g/mol. The number of esters is 2. The smallest absolute Gasteiger partial charge is 0.327 e. The van der Waals surface area contributed by atoms with E-state index in [-0.39, 0.29) is 6.42 Å². The molecule has 128 valence electrons. The van der Waals surface area contributed by atoms with Crippen molar-refractivity contribution in [2.75, 3.05) is 14.2 Å². The first-order valence-corrected chi connectivity index (χ1v) is 7.76. The van der Waals surface area contributed by atoms with E-state index in [9.17, 15) is 9.59 Å². The summed E-state index contributed by atoms with van der Waals surface area (Å²) in [6.45, 7) is 5.74. The van der Waals surface area contributed by atoms with Gasteiger partial charge in [-0.25, -0.2) is 0 Å². The molecule has 1 aliphatic carbocycles. The Hall–Kier alpha value is -3.06. The average Bonchev–Trinajstić information content (AvgIpc) is 3.02. The van der Waals surface area contributed by atoms with Crippen LogP contribution in [0.2, 0.25) is 0 Å². The number of ether oxygens (including phenoxy) is 2. The van der Waals surface area contributed by atoms with Gasteiger partial charge >= 0.3 is 11.9 Å². The first-order chi connectivity index (χ1) is 11.9. The minimum absolute atomic E-state index is 0.137. The van der Waals surface area contributed by atoms with Crippen molar-refractivity contribution >= 4 is 11.9 Å². The molecule has 0 saturated carbocycles. The lowest BCUT2D eigenvalue weighted by Gasteiger charge is -2.20. The van der Waals surface area contributed by atoms with E-state index in [1.807, 2.05) is 37.3 Å². The van der Waals surface area contributed by atoms with Crippen LogP contribution < -0.4 is 0 Å². The molecule has 0 amide bonds. The van der Waals surface area contributed by atoms with Crippen LogP contribution in [0.3, 0.4) is 0 Å². The molecule has 0 fully saturated rings. The van der Waals surface area contributed by atoms with E-state index in [0.717, 1.165) is 22.3 Å². The fraction of sp³-hybridized carbons (Fsp3) is 0.238. The first-order valence-electron chi connectivity index (χ1n) is 7.76. The Balaban J connectivity index is 2.44. The maximum Gasteiger partial charge on any atom is 0.327 e. The highest BCUT2D eigenvalue weighted by Crippen LogP contribution is 2.44. The van der Waals surface area contributed by atoms with Crippen molar-refractivity contribution in [2.45, 2.75) is 13.3 Å². The van der Waals surface area contributed by atoms with E-state index in [2.05, 4.69) is 18.4 Å². The van der Waals surface area contributed by atoms with Crippen molar-refractivity contribution in [1.29, 1.82) is 0 Å². The van der Waals surface area contributed by atoms with Crippen LogP contribution in [0.25, 0.3) is 0 Å². The molecule has 0 aliphatic heterocycles. The van der Waals surface area contributed by atoms with Crippen molar-refractivity contribution in [3.05, 3.63) is 71.3 Å². The second kappa shape index (κ2) is 7.67. The molecule has 0 heterocycles. The minimum Gasteiger partial charge on any atom is -0.468 e. The third kappa shape index (κ3) is 3.72. The molecular formula is C21H20O4. The standard InChI is InChI=1S/C21H20O4/c1-15(2)18-14-21(19(22)24-3,20(23)25-4)13-17(18)12-8-11-16-9-6-5-7-10-16/h5-7,9-10,12,14H,1,13H2,2-4H3/b17-12-. The summed E-state index contributed by atoms with van der Waals surface area (Å²) in [7, 11) is 2.50. The van der Waals surface area contributed by atoms with Crippen LogP contribution in [-0.2, 0) is 19.1 Å². The minimum atomic E-state index is -1.49. The molecule has 4 heteroatoms. The summed E-state index contributed by atoms with van der Waals surface area (Å²) in [5, 5.41) is 0. The normalized spacial score (nSPS) is 16.4. The van der Waals surface area contributed by atoms with Gasteiger partial charge in [-0.05, 0) is 42.4 Å². The second-order valence-electron chi connectivity index (χ2n) is 5.77. The van der Waals surface area contributed by atoms with Gasteiger partial charge in [-0.2, -0.15) is 0 Å². The van der Waals surface area contributed by atoms with Crippen LogP contribution in [0.4, 0.5) is 0 Å². The van der Waals surface area contributed by atoms with Crippen LogP contribution >= 0.6 is 0 Å². The number of benzene rings is 1. The largest absolute Gasteiger partial charge is 0.468 e. The van der Waals surface area contributed by atoms with E-state index < -0.39 is 17.4 Å². The molecule has 0 saturated heterocycles. The summed E-state index contributed by atoms with van der Waals surface area (Å²) in [6.07, 6.45) is 3.42. The third-order valence-electron chi connectivity index (χ3n) is 4.00. The topological polar surface area (TPSA) is 52.6 Å². The third-order valence-corrected chi connectivity index (χ3v) is 4.00. The zero-order chi connectivity index (χ0) is 18.4. The Labute approximate surface area is 147 Å². The number of methoxy groups -OCH3 is 2. The molecule has 0 atom stereocenters. The highest BCUT2D eigenvalue weighted by molar-refractivity contribution is 6.04. The highest BCUT2D eigenvalue weighted by Gasteiger charge is 2.51. The van der Waals surface area contributed by atoms with Crippen molar-refractivity contribution in [3.63, 3.8) is 0 Å². The van der Waals surface area contributed by atoms with Crippen LogP contribution in [0.5, 0.6) is 0 Å². The van der Waals surface area contributed by atoms with Crippen LogP contribution in [0.1, 0.15) is 18.9 Å². The van der Waals surface area contributed by atoms with Crippen LogP contribution in [0.15, 0.2) is 65.8 Å². The molecule has 0 radical (unpaired) electrons. The summed E-state index contributed by atoms with van der Waals surface area (Å²) >= 11 is 0. The van der Waals surface area contributed by atoms with Crippen molar-refractivity contribution < 1.29 is 19.1 Å². The number of allylic oxidation sites excluding steroid dienone is 4. The van der Waals surface area contributed by atoms with Gasteiger partial charge in [0.15, 0.2) is 5.41 Å². The maximum atomic E-state index is 12.3. The average molecular weight is 336 g/mol. The van der Waals surface area contributed by atoms with Gasteiger partial charge in [0.05, 0.1) is 14.2 Å². The molecule has 1 aliphatic rings. The lowest BCUT2D eigenvalue weighted by molar-refractivity contribution is -0.164. The zero-order valence-electron chi connectivity index (χ0n) is 14.6. The second-order valence-corrected chi connectivity index (χ2v) is 5.77. The van der Waals surface area contributed by atoms with Gasteiger partial charge in [-0.1, -0.05) is 42.2 Å². The van der Waals surface area contributed by atoms with Gasteiger partial charge < -0.3 is 9.47 Å². The van der Waals surface area contributed by atoms with Crippen LogP contribution in [0, 0.1) is 17.3 Å². The number of carbonyl (C=O) groups excluding carboxylic acids is 2. The molecule has 4 nitrogen and oxygen atoms in total. The SMILES string of the molecule is C=C(C)C1=CC(C(=O)OC)(C(=O)OC)C/C1=C/C#Cc1ccccc1. The lowest BCUT2D eigenvalue weighted by atomic mass is 9.86. The molecule has 1 aromatic rings. The van der Waals surface area contributed by atoms with Gasteiger partial charge in [0.1, 0.15) is 0 Å². The summed E-state index contributed by atoms with van der Waals surface area (Å²) in [4.78, 5) is 24.6. The van der Waals surface area contributed by atoms with E-state index >= 15 is 0 Å². The summed E-state index contributed by atoms with van der Waals surface area (Å²) in [6, 6.07) is 9.55. The van der Waals surface area contributed by atoms with E-state index in [0.29, 0.717) is 0 Å². The van der Waals surface area contributed by atoms with Gasteiger partial charge in [0.25, 0.3) is 0 Å². The van der Waals surface area contributed by atoms with E-state index in [4.69, 9.17) is 9.47 Å². The van der Waals surface area contributed by atoms with Crippen molar-refractivity contribution in [2.24, 2.45) is 5.41 Å². The number of carbonyl (C=O) groups is 2. The van der Waals surface area contributed by atoms with Gasteiger partial charge in [0.2, 0.25) is 0 Å². The predicted octanol–water partition coefficient (Wildman–Crippen LogP) is 3.20. The van der Waals surface area contributed by atoms with Gasteiger partial charge in [-0.3, -0.25) is 9.59 Å². The number of hydrogen-bond acceptors (Lipinski definition) is 4. The Morgan fingerprint density at radius 1 is 1.16 bits per heavy atom. The molecule has 0 N–H and O–H groups in total. The highest BCUT2D eigenvalue weighted by atomic mass is 16.5. The van der Waals surface area contributed by atoms with Crippen molar-refractivity contribution in [1.82, 2.24) is 0 Å². The van der Waals surface area contributed by atoms with E-state index in [1.165, 1.54) is 14.2 Å². The summed E-state index contributed by atoms with van der Waals surface area (Å²) < 4.78 is 9.67. The molecule has 0 aromatic heterocycles. The molecule has 0 spiro atoms. The fourth-order valence-electron chi connectivity index (χ4n) is 2.75. The molecule has 25 heavy (non-hydrogen) atoms. The quantitative estimate of drug-likeness (QED) is 0.483. The Kier molecular flexibility index (Phi) is 5.61. The number of hydrogen-bond donors (Lipinski definition) is 0. The van der Waals surface area contributed by atoms with E-state index in [1.54, 1.807) is 12.2 Å². The lowest BCUT2D eigenvalue weighted by Crippen LogP contribution is -2.38. The predicted molar refractivity (Wildman–Crippen MR) is 95.4 cm³/mol. The Morgan fingerprint density at radius 3 is 2.28 bits per heavy atom. The maximum absolute atomic E-state index is 12.3. The summed E-state index contributed by atoms with van der Waals surface area (Å²) in [5.41, 5.74) is 1.61. The Morgan fingerprint density at radius 2 is 1.76 bits per heavy atom. The number of rotatable bonds is 3. The zero-order valence-corrected chi connectivity index (χ0v) is 14.6. The van der Waals surface area contributed by atoms with Gasteiger partial charge in [-0.15, -0.1) is 0 Å². The van der Waals surface area contributed by atoms with Crippen LogP contribution in [-0.4, -0.2) is 26.2 Å². The molecule has 0 unspecified atom stereocenters. The fourth-order valence-corrected chi connectivity index (χ4v) is 2.75. The summed E-state index contributed by atoms with van der Waals surface area (Å²) in [5.74, 6) is 4.70. The van der Waals surface area contributed by atoms with Gasteiger partial charge in [0, 0.05) is 12.0 Å². The molecule has 0 bridgehead atoms. The molecular weight excluding hydrogens is 316 g/mol. The molecule has 1 aromatic carbocycles.